The fourth-order valence-electron chi connectivity index (χ4n) is 3.62. The van der Waals surface area contributed by atoms with Crippen LogP contribution in [-0.2, 0) is 11.3 Å². The van der Waals surface area contributed by atoms with Gasteiger partial charge in [-0.1, -0.05) is 40.6 Å². The lowest BCUT2D eigenvalue weighted by atomic mass is 10.1. The van der Waals surface area contributed by atoms with Gasteiger partial charge in [-0.25, -0.2) is 9.78 Å². The number of hydrogen-bond acceptors (Lipinski definition) is 10. The van der Waals surface area contributed by atoms with Crippen LogP contribution in [0.2, 0.25) is 0 Å². The van der Waals surface area contributed by atoms with Gasteiger partial charge in [0.2, 0.25) is 5.82 Å². The van der Waals surface area contributed by atoms with Crippen molar-refractivity contribution in [3.8, 4) is 34.1 Å². The highest BCUT2D eigenvalue weighted by Gasteiger charge is 2.21. The molecule has 5 rings (SSSR count). The van der Waals surface area contributed by atoms with Crippen molar-refractivity contribution in [3.05, 3.63) is 71.7 Å². The highest BCUT2D eigenvalue weighted by Crippen LogP contribution is 2.31. The molecule has 10 nitrogen and oxygen atoms in total. The van der Waals surface area contributed by atoms with E-state index in [-0.39, 0.29) is 23.8 Å². The number of benzene rings is 2. The third kappa shape index (κ3) is 4.29. The predicted molar refractivity (Wildman–Crippen MR) is 124 cm³/mol. The number of methoxy groups -OCH3 is 2. The fraction of sp³-hybridized carbons (Fsp3) is 0.160. The lowest BCUT2D eigenvalue weighted by Crippen LogP contribution is -2.07. The zero-order valence-electron chi connectivity index (χ0n) is 19.1. The molecule has 3 heterocycles. The van der Waals surface area contributed by atoms with Gasteiger partial charge in [0.1, 0.15) is 0 Å². The van der Waals surface area contributed by atoms with Crippen LogP contribution in [0.1, 0.15) is 21.9 Å². The van der Waals surface area contributed by atoms with Crippen LogP contribution < -0.4 is 9.47 Å². The second-order valence-electron chi connectivity index (χ2n) is 7.53. The minimum Gasteiger partial charge on any atom is -0.493 e. The van der Waals surface area contributed by atoms with Crippen LogP contribution in [0.3, 0.4) is 0 Å². The van der Waals surface area contributed by atoms with Gasteiger partial charge in [-0.05, 0) is 31.2 Å². The molecule has 0 amide bonds. The Labute approximate surface area is 199 Å². The number of carbonyl (C=O) groups is 1. The largest absolute Gasteiger partial charge is 0.493 e. The Hall–Kier alpha value is -4.73. The van der Waals surface area contributed by atoms with Gasteiger partial charge in [0.15, 0.2) is 18.1 Å². The summed E-state index contributed by atoms with van der Waals surface area (Å²) in [5.74, 6) is 0.981. The lowest BCUT2D eigenvalue weighted by molar-refractivity contribution is 0.0432. The quantitative estimate of drug-likeness (QED) is 0.310. The zero-order valence-corrected chi connectivity index (χ0v) is 19.1. The summed E-state index contributed by atoms with van der Waals surface area (Å²) in [4.78, 5) is 21.9. The molecule has 0 N–H and O–H groups in total. The summed E-state index contributed by atoms with van der Waals surface area (Å²) >= 11 is 0. The minimum atomic E-state index is -0.591. The molecule has 0 fully saturated rings. The number of hydrogen-bond donors (Lipinski definition) is 0. The van der Waals surface area contributed by atoms with Crippen molar-refractivity contribution in [2.45, 2.75) is 13.5 Å². The molecular formula is C25H20N4O6. The molecule has 5 aromatic rings. The first-order valence-corrected chi connectivity index (χ1v) is 10.6. The van der Waals surface area contributed by atoms with Crippen LogP contribution in [0.4, 0.5) is 0 Å². The molecule has 0 unspecified atom stereocenters. The highest BCUT2D eigenvalue weighted by molar-refractivity contribution is 6.04. The van der Waals surface area contributed by atoms with Gasteiger partial charge in [-0.15, -0.1) is 0 Å². The number of ether oxygens (including phenoxy) is 3. The molecule has 176 valence electrons. The normalized spacial score (nSPS) is 10.9. The average molecular weight is 472 g/mol. The van der Waals surface area contributed by atoms with Crippen molar-refractivity contribution in [2.75, 3.05) is 14.2 Å². The van der Waals surface area contributed by atoms with Crippen molar-refractivity contribution in [1.82, 2.24) is 20.3 Å². The fourth-order valence-corrected chi connectivity index (χ4v) is 3.62. The molecule has 0 atom stereocenters. The van der Waals surface area contributed by atoms with Gasteiger partial charge >= 0.3 is 5.97 Å². The summed E-state index contributed by atoms with van der Waals surface area (Å²) in [7, 11) is 3.10. The third-order valence-corrected chi connectivity index (χ3v) is 5.34. The molecule has 2 aromatic carbocycles. The van der Waals surface area contributed by atoms with Gasteiger partial charge in [0.05, 0.1) is 36.6 Å². The number of nitrogens with zero attached hydrogens (tertiary/aromatic N) is 4. The standard InChI is InChI=1S/C25H20N4O6/c1-14-22-17(12-18(26-24(22)35-28-14)15-7-5-4-6-8-15)25(30)33-13-21-27-23(29-34-21)16-9-10-19(31-2)20(11-16)32-3/h4-12H,13H2,1-3H3. The second-order valence-corrected chi connectivity index (χ2v) is 7.53. The maximum atomic E-state index is 13.1. The molecule has 0 aliphatic heterocycles. The first-order chi connectivity index (χ1) is 17.1. The number of esters is 1. The molecule has 0 aliphatic carbocycles. The third-order valence-electron chi connectivity index (χ3n) is 5.34. The van der Waals surface area contributed by atoms with Gasteiger partial charge < -0.3 is 23.3 Å². The zero-order chi connectivity index (χ0) is 24.4. The summed E-state index contributed by atoms with van der Waals surface area (Å²) in [5.41, 5.74) is 3.13. The average Bonchev–Trinajstić information content (AvgIpc) is 3.53. The Bertz CT molecular complexity index is 1510. The maximum Gasteiger partial charge on any atom is 0.339 e. The Kier molecular flexibility index (Phi) is 5.84. The highest BCUT2D eigenvalue weighted by atomic mass is 16.6. The van der Waals surface area contributed by atoms with E-state index >= 15 is 0 Å². The smallest absolute Gasteiger partial charge is 0.339 e. The van der Waals surface area contributed by atoms with E-state index in [1.54, 1.807) is 45.4 Å². The predicted octanol–water partition coefficient (Wildman–Crippen LogP) is 4.62. The molecule has 3 aromatic heterocycles. The first kappa shape index (κ1) is 22.1. The molecule has 35 heavy (non-hydrogen) atoms. The van der Waals surface area contributed by atoms with E-state index in [0.29, 0.717) is 39.7 Å². The van der Waals surface area contributed by atoms with Crippen LogP contribution in [0.5, 0.6) is 11.5 Å². The van der Waals surface area contributed by atoms with Crippen molar-refractivity contribution in [3.63, 3.8) is 0 Å². The minimum absolute atomic E-state index is 0.138. The number of aryl methyl sites for hydroxylation is 1. The number of carbonyl (C=O) groups excluding carboxylic acids is 1. The summed E-state index contributed by atoms with van der Waals surface area (Å²) in [5, 5.41) is 8.41. The van der Waals surface area contributed by atoms with E-state index in [0.717, 1.165) is 5.56 Å². The SMILES string of the molecule is COc1ccc(-c2noc(COC(=O)c3cc(-c4ccccc4)nc4onc(C)c34)n2)cc1OC. The van der Waals surface area contributed by atoms with E-state index in [4.69, 9.17) is 23.3 Å². The number of fused-ring (bicyclic) bond motifs is 1. The second kappa shape index (κ2) is 9.26. The van der Waals surface area contributed by atoms with Crippen LogP contribution in [0.25, 0.3) is 33.7 Å². The Morgan fingerprint density at radius 1 is 0.886 bits per heavy atom. The summed E-state index contributed by atoms with van der Waals surface area (Å²) < 4.78 is 26.6. The maximum absolute atomic E-state index is 13.1. The Balaban J connectivity index is 1.38. The van der Waals surface area contributed by atoms with Crippen LogP contribution in [0, 0.1) is 6.92 Å². The van der Waals surface area contributed by atoms with Gasteiger partial charge in [0, 0.05) is 11.1 Å². The van der Waals surface area contributed by atoms with E-state index in [1.165, 1.54) is 0 Å². The van der Waals surface area contributed by atoms with Crippen molar-refractivity contribution in [2.24, 2.45) is 0 Å². The molecule has 10 heteroatoms. The summed E-state index contributed by atoms with van der Waals surface area (Å²) in [6.07, 6.45) is 0. The number of aromatic nitrogens is 4. The van der Waals surface area contributed by atoms with Crippen LogP contribution in [0.15, 0.2) is 63.6 Å². The topological polar surface area (TPSA) is 123 Å². The molecule has 0 aliphatic rings. The molecule has 0 radical (unpaired) electrons. The van der Waals surface area contributed by atoms with Gasteiger partial charge in [-0.3, -0.25) is 0 Å². The molecule has 0 saturated heterocycles. The summed E-state index contributed by atoms with van der Waals surface area (Å²) in [6.45, 7) is 1.52. The van der Waals surface area contributed by atoms with Crippen molar-refractivity contribution >= 4 is 17.1 Å². The molecular weight excluding hydrogens is 452 g/mol. The number of pyridine rings is 1. The van der Waals surface area contributed by atoms with E-state index < -0.39 is 5.97 Å². The Morgan fingerprint density at radius 2 is 1.69 bits per heavy atom. The van der Waals surface area contributed by atoms with E-state index in [2.05, 4.69) is 20.3 Å². The monoisotopic (exact) mass is 472 g/mol. The van der Waals surface area contributed by atoms with Gasteiger partial charge in [-0.2, -0.15) is 4.98 Å². The first-order valence-electron chi connectivity index (χ1n) is 10.6. The van der Waals surface area contributed by atoms with Crippen LogP contribution in [-0.4, -0.2) is 40.5 Å². The van der Waals surface area contributed by atoms with Crippen LogP contribution >= 0.6 is 0 Å². The summed E-state index contributed by atoms with van der Waals surface area (Å²) in [6, 6.07) is 16.4. The lowest BCUT2D eigenvalue weighted by Gasteiger charge is -2.07. The molecule has 0 bridgehead atoms. The van der Waals surface area contributed by atoms with E-state index in [1.807, 2.05) is 30.3 Å². The number of rotatable bonds is 7. The van der Waals surface area contributed by atoms with Crippen molar-refractivity contribution in [1.29, 1.82) is 0 Å². The molecule has 0 spiro atoms. The Morgan fingerprint density at radius 3 is 2.46 bits per heavy atom. The van der Waals surface area contributed by atoms with E-state index in [9.17, 15) is 4.79 Å². The van der Waals surface area contributed by atoms with Crippen molar-refractivity contribution < 1.29 is 28.1 Å². The van der Waals surface area contributed by atoms with Gasteiger partial charge in [0.25, 0.3) is 11.6 Å². The molecule has 0 saturated carbocycles.